The molecule has 0 saturated carbocycles. The predicted molar refractivity (Wildman–Crippen MR) is 102 cm³/mol. The molecular weight excluding hydrogens is 418 g/mol. The van der Waals surface area contributed by atoms with Crippen LogP contribution in [0.4, 0.5) is 4.79 Å². The smallest absolute Gasteiger partial charge is 0.408 e. The van der Waals surface area contributed by atoms with E-state index in [1.807, 2.05) is 30.3 Å². The molecule has 9 heteroatoms. The van der Waals surface area contributed by atoms with Gasteiger partial charge in [-0.1, -0.05) is 42.4 Å². The Bertz CT molecular complexity index is 695. The van der Waals surface area contributed by atoms with Gasteiger partial charge in [0.1, 0.15) is 11.2 Å². The van der Waals surface area contributed by atoms with Crippen molar-refractivity contribution >= 4 is 38.3 Å². The Kier molecular flexibility index (Phi) is 8.25. The Hall–Kier alpha value is -2.42. The second-order valence-electron chi connectivity index (χ2n) is 5.99. The zero-order valence-corrected chi connectivity index (χ0v) is 16.5. The van der Waals surface area contributed by atoms with Crippen LogP contribution in [0.25, 0.3) is 0 Å². The fourth-order valence-corrected chi connectivity index (χ4v) is 2.83. The zero-order valence-electron chi connectivity index (χ0n) is 14.9. The number of rotatable bonds is 9. The maximum atomic E-state index is 12.1. The summed E-state index contributed by atoms with van der Waals surface area (Å²) in [7, 11) is 0. The van der Waals surface area contributed by atoms with Crippen molar-refractivity contribution in [3.05, 3.63) is 35.9 Å². The molecule has 1 aromatic carbocycles. The number of alkyl carbamates (subject to hydrolysis) is 1. The number of amides is 2. The van der Waals surface area contributed by atoms with Gasteiger partial charge in [0.15, 0.2) is 11.9 Å². The molecule has 0 radical (unpaired) electrons. The molecule has 0 aliphatic carbocycles. The molecule has 1 heterocycles. The number of ether oxygens (including phenoxy) is 1. The van der Waals surface area contributed by atoms with E-state index in [0.29, 0.717) is 11.0 Å². The van der Waals surface area contributed by atoms with E-state index in [4.69, 9.17) is 9.57 Å². The topological polar surface area (TPSA) is 106 Å². The molecule has 1 unspecified atom stereocenters. The van der Waals surface area contributed by atoms with Gasteiger partial charge in [0.05, 0.1) is 19.0 Å². The zero-order chi connectivity index (χ0) is 19.6. The van der Waals surface area contributed by atoms with Crippen LogP contribution in [-0.4, -0.2) is 41.1 Å². The van der Waals surface area contributed by atoms with Gasteiger partial charge in [-0.3, -0.25) is 9.59 Å². The fraction of sp³-hybridized carbons (Fsp3) is 0.444. The van der Waals surface area contributed by atoms with Crippen molar-refractivity contribution < 1.29 is 24.0 Å². The average Bonchev–Trinajstić information content (AvgIpc) is 3.09. The minimum absolute atomic E-state index is 0.0831. The number of ketones is 1. The number of nitrogens with zero attached hydrogens (tertiary/aromatic N) is 1. The molecule has 0 bridgehead atoms. The number of Topliss-reactive ketones (excluding diaryl/α,β-unsaturated/α-hetero) is 1. The van der Waals surface area contributed by atoms with E-state index in [0.717, 1.165) is 5.56 Å². The number of hydrogen-bond acceptors (Lipinski definition) is 6. The van der Waals surface area contributed by atoms with Gasteiger partial charge in [0.2, 0.25) is 5.91 Å². The number of hydrogen-bond donors (Lipinski definition) is 2. The summed E-state index contributed by atoms with van der Waals surface area (Å²) in [6.45, 7) is 2.02. The first kappa shape index (κ1) is 20.9. The van der Waals surface area contributed by atoms with Crippen molar-refractivity contribution in [1.82, 2.24) is 10.6 Å². The highest BCUT2D eigenvalue weighted by Gasteiger charge is 2.25. The summed E-state index contributed by atoms with van der Waals surface area (Å²) in [6, 6.07) is 8.24. The van der Waals surface area contributed by atoms with E-state index in [2.05, 4.69) is 31.7 Å². The Morgan fingerprint density at radius 3 is 2.70 bits per heavy atom. The van der Waals surface area contributed by atoms with E-state index in [1.165, 1.54) is 0 Å². The third kappa shape index (κ3) is 7.38. The van der Waals surface area contributed by atoms with Crippen LogP contribution >= 0.6 is 15.9 Å². The van der Waals surface area contributed by atoms with Gasteiger partial charge in [0, 0.05) is 12.8 Å². The summed E-state index contributed by atoms with van der Waals surface area (Å²) in [5.74, 6) is -0.609. The number of nitrogens with one attached hydrogen (secondary N) is 2. The highest BCUT2D eigenvalue weighted by Crippen LogP contribution is 2.13. The molecule has 146 valence electrons. The lowest BCUT2D eigenvalue weighted by atomic mass is 10.1. The molecule has 0 spiro atoms. The van der Waals surface area contributed by atoms with Gasteiger partial charge in [-0.15, -0.1) is 0 Å². The van der Waals surface area contributed by atoms with Crippen molar-refractivity contribution in [2.24, 2.45) is 5.16 Å². The maximum absolute atomic E-state index is 12.1. The molecule has 2 atom stereocenters. The van der Waals surface area contributed by atoms with Crippen LogP contribution in [0.2, 0.25) is 0 Å². The number of benzene rings is 1. The van der Waals surface area contributed by atoms with Gasteiger partial charge in [-0.05, 0) is 21.5 Å². The standard InChI is InChI=1S/C18H22BrN3O5/c1-2-15(23)14(9-17(24)20-10-13-8-16(19)22-27-13)21-18(25)26-11-12-6-4-3-5-7-12/h3-7,13-14H,2,8-11H2,1H3,(H,20,24)(H,21,25)/t13?,14-/m0/s1. The molecule has 0 aromatic heterocycles. The minimum Gasteiger partial charge on any atom is -0.445 e. The van der Waals surface area contributed by atoms with E-state index in [9.17, 15) is 14.4 Å². The second kappa shape index (κ2) is 10.7. The van der Waals surface area contributed by atoms with Crippen molar-refractivity contribution in [3.63, 3.8) is 0 Å². The Morgan fingerprint density at radius 2 is 2.07 bits per heavy atom. The van der Waals surface area contributed by atoms with Gasteiger partial charge < -0.3 is 20.2 Å². The van der Waals surface area contributed by atoms with Crippen molar-refractivity contribution in [2.75, 3.05) is 6.54 Å². The summed E-state index contributed by atoms with van der Waals surface area (Å²) < 4.78 is 5.80. The van der Waals surface area contributed by atoms with Gasteiger partial charge in [0.25, 0.3) is 0 Å². The molecule has 0 fully saturated rings. The molecule has 2 rings (SSSR count). The molecule has 1 aliphatic heterocycles. The molecule has 8 nitrogen and oxygen atoms in total. The fourth-order valence-electron chi connectivity index (χ4n) is 2.39. The SMILES string of the molecule is CCC(=O)[C@H](CC(=O)NCC1CC(Br)=NO1)NC(=O)OCc1ccccc1. The number of carbonyl (C=O) groups is 3. The van der Waals surface area contributed by atoms with Crippen LogP contribution in [0.15, 0.2) is 35.5 Å². The number of oxime groups is 1. The molecule has 0 saturated heterocycles. The first-order valence-corrected chi connectivity index (χ1v) is 9.42. The highest BCUT2D eigenvalue weighted by atomic mass is 79.9. The monoisotopic (exact) mass is 439 g/mol. The molecule has 1 aromatic rings. The number of carbonyl (C=O) groups excluding carboxylic acids is 3. The summed E-state index contributed by atoms with van der Waals surface area (Å²) in [4.78, 5) is 41.2. The number of halogens is 1. The summed E-state index contributed by atoms with van der Waals surface area (Å²) >= 11 is 3.22. The van der Waals surface area contributed by atoms with Crippen LogP contribution in [0, 0.1) is 0 Å². The van der Waals surface area contributed by atoms with E-state index in [-0.39, 0.29) is 43.8 Å². The van der Waals surface area contributed by atoms with Crippen LogP contribution in [-0.2, 0) is 25.8 Å². The largest absolute Gasteiger partial charge is 0.445 e. The minimum atomic E-state index is -0.939. The quantitative estimate of drug-likeness (QED) is 0.613. The normalized spacial score (nSPS) is 16.7. The summed E-state index contributed by atoms with van der Waals surface area (Å²) in [5, 5.41) is 8.89. The Labute approximate surface area is 165 Å². The molecule has 27 heavy (non-hydrogen) atoms. The molecule has 2 amide bonds. The predicted octanol–water partition coefficient (Wildman–Crippen LogP) is 2.26. The van der Waals surface area contributed by atoms with Crippen LogP contribution < -0.4 is 10.6 Å². The van der Waals surface area contributed by atoms with Crippen LogP contribution in [0.3, 0.4) is 0 Å². The van der Waals surface area contributed by atoms with Crippen molar-refractivity contribution in [1.29, 1.82) is 0 Å². The van der Waals surface area contributed by atoms with Gasteiger partial charge >= 0.3 is 6.09 Å². The lowest BCUT2D eigenvalue weighted by molar-refractivity contribution is -0.127. The highest BCUT2D eigenvalue weighted by molar-refractivity contribution is 9.18. The third-order valence-corrected chi connectivity index (χ3v) is 4.32. The molecule has 1 aliphatic rings. The van der Waals surface area contributed by atoms with E-state index in [1.54, 1.807) is 6.92 Å². The van der Waals surface area contributed by atoms with Crippen LogP contribution in [0.5, 0.6) is 0 Å². The third-order valence-electron chi connectivity index (χ3n) is 3.86. The van der Waals surface area contributed by atoms with Crippen LogP contribution in [0.1, 0.15) is 31.7 Å². The van der Waals surface area contributed by atoms with Crippen molar-refractivity contribution in [2.45, 2.75) is 44.9 Å². The van der Waals surface area contributed by atoms with E-state index >= 15 is 0 Å². The first-order valence-electron chi connectivity index (χ1n) is 8.62. The van der Waals surface area contributed by atoms with E-state index < -0.39 is 12.1 Å². The summed E-state index contributed by atoms with van der Waals surface area (Å²) in [6.07, 6.45) is -0.380. The Balaban J connectivity index is 1.78. The molecular formula is C18H22BrN3O5. The lowest BCUT2D eigenvalue weighted by Crippen LogP contribution is -2.45. The van der Waals surface area contributed by atoms with Gasteiger partial charge in [-0.25, -0.2) is 4.79 Å². The Morgan fingerprint density at radius 1 is 1.33 bits per heavy atom. The van der Waals surface area contributed by atoms with Gasteiger partial charge in [-0.2, -0.15) is 0 Å². The molecule has 2 N–H and O–H groups in total. The summed E-state index contributed by atoms with van der Waals surface area (Å²) in [5.41, 5.74) is 0.828. The average molecular weight is 440 g/mol. The first-order chi connectivity index (χ1) is 13.0. The maximum Gasteiger partial charge on any atom is 0.408 e. The van der Waals surface area contributed by atoms with Crippen molar-refractivity contribution in [3.8, 4) is 0 Å². The lowest BCUT2D eigenvalue weighted by Gasteiger charge is -2.17. The second-order valence-corrected chi connectivity index (χ2v) is 6.90.